The van der Waals surface area contributed by atoms with Gasteiger partial charge in [-0.2, -0.15) is 0 Å². The molecule has 1 aliphatic heterocycles. The minimum atomic E-state index is 0.0905. The van der Waals surface area contributed by atoms with Gasteiger partial charge in [0, 0.05) is 25.0 Å². The minimum absolute atomic E-state index is 0.0905. The average Bonchev–Trinajstić information content (AvgIpc) is 3.08. The van der Waals surface area contributed by atoms with Crippen LogP contribution in [0.1, 0.15) is 12.1 Å². The normalized spacial score (nSPS) is 18.9. The Labute approximate surface area is 111 Å². The number of hydrogen-bond acceptors (Lipinski definition) is 4. The third kappa shape index (κ3) is 2.33. The van der Waals surface area contributed by atoms with E-state index < -0.39 is 0 Å². The van der Waals surface area contributed by atoms with Crippen LogP contribution < -0.4 is 5.32 Å². The summed E-state index contributed by atoms with van der Waals surface area (Å²) < 4.78 is 5.22. The predicted octanol–water partition coefficient (Wildman–Crippen LogP) is 1.19. The lowest BCUT2D eigenvalue weighted by Crippen LogP contribution is -2.39. The summed E-state index contributed by atoms with van der Waals surface area (Å²) in [4.78, 5) is 14.1. The largest absolute Gasteiger partial charge is 0.356 e. The van der Waals surface area contributed by atoms with Crippen molar-refractivity contribution in [2.75, 3.05) is 20.1 Å². The Bertz CT molecular complexity index is 587. The molecular formula is C14H17N3O2. The molecule has 1 aliphatic rings. The molecule has 1 atom stereocenters. The van der Waals surface area contributed by atoms with Crippen molar-refractivity contribution >= 4 is 16.9 Å². The first-order valence-electron chi connectivity index (χ1n) is 6.55. The topological polar surface area (TPSA) is 58.4 Å². The molecule has 5 heteroatoms. The van der Waals surface area contributed by atoms with Gasteiger partial charge in [0.05, 0.1) is 6.42 Å². The van der Waals surface area contributed by atoms with Crippen LogP contribution >= 0.6 is 0 Å². The lowest BCUT2D eigenvalue weighted by Gasteiger charge is -2.23. The van der Waals surface area contributed by atoms with Crippen LogP contribution in [0.3, 0.4) is 0 Å². The van der Waals surface area contributed by atoms with E-state index in [0.717, 1.165) is 36.2 Å². The fraction of sp³-hybridized carbons (Fsp3) is 0.429. The van der Waals surface area contributed by atoms with Gasteiger partial charge in [0.15, 0.2) is 5.58 Å². The molecule has 5 nitrogen and oxygen atoms in total. The van der Waals surface area contributed by atoms with Gasteiger partial charge in [-0.3, -0.25) is 4.79 Å². The summed E-state index contributed by atoms with van der Waals surface area (Å²) in [5, 5.41) is 8.20. The summed E-state index contributed by atoms with van der Waals surface area (Å²) in [6, 6.07) is 7.92. The zero-order valence-electron chi connectivity index (χ0n) is 10.9. The van der Waals surface area contributed by atoms with E-state index in [2.05, 4.69) is 10.5 Å². The van der Waals surface area contributed by atoms with Crippen molar-refractivity contribution in [2.24, 2.45) is 0 Å². The number of nitrogens with one attached hydrogen (secondary N) is 1. The maximum absolute atomic E-state index is 12.3. The quantitative estimate of drug-likeness (QED) is 0.899. The van der Waals surface area contributed by atoms with Gasteiger partial charge in [0.1, 0.15) is 5.69 Å². The van der Waals surface area contributed by atoms with Crippen molar-refractivity contribution < 1.29 is 9.32 Å². The highest BCUT2D eigenvalue weighted by molar-refractivity contribution is 5.86. The Morgan fingerprint density at radius 2 is 2.37 bits per heavy atom. The Hall–Kier alpha value is -1.88. The van der Waals surface area contributed by atoms with E-state index in [1.807, 2.05) is 36.2 Å². The van der Waals surface area contributed by atoms with Crippen LogP contribution in [0.15, 0.2) is 28.8 Å². The van der Waals surface area contributed by atoms with E-state index in [4.69, 9.17) is 4.52 Å². The summed E-state index contributed by atoms with van der Waals surface area (Å²) in [5.41, 5.74) is 1.45. The lowest BCUT2D eigenvalue weighted by molar-refractivity contribution is -0.130. The molecule has 0 saturated carbocycles. The van der Waals surface area contributed by atoms with Gasteiger partial charge in [-0.15, -0.1) is 0 Å². The van der Waals surface area contributed by atoms with E-state index in [0.29, 0.717) is 12.5 Å². The first kappa shape index (κ1) is 12.2. The molecule has 1 unspecified atom stereocenters. The molecular weight excluding hydrogens is 242 g/mol. The molecule has 1 aromatic carbocycles. The highest BCUT2D eigenvalue weighted by Crippen LogP contribution is 2.19. The minimum Gasteiger partial charge on any atom is -0.356 e. The average molecular weight is 259 g/mol. The number of hydrogen-bond donors (Lipinski definition) is 1. The first-order valence-corrected chi connectivity index (χ1v) is 6.55. The zero-order chi connectivity index (χ0) is 13.2. The molecule has 2 heterocycles. The first-order chi connectivity index (χ1) is 9.25. The number of likely N-dealkylation sites (N-methyl/N-ethyl adjacent to an activating group) is 1. The molecule has 3 rings (SSSR count). The Morgan fingerprint density at radius 1 is 1.53 bits per heavy atom. The third-order valence-electron chi connectivity index (χ3n) is 3.75. The molecule has 0 aliphatic carbocycles. The van der Waals surface area contributed by atoms with Crippen LogP contribution in [0.5, 0.6) is 0 Å². The van der Waals surface area contributed by atoms with E-state index in [9.17, 15) is 4.79 Å². The van der Waals surface area contributed by atoms with Gasteiger partial charge >= 0.3 is 0 Å². The third-order valence-corrected chi connectivity index (χ3v) is 3.75. The highest BCUT2D eigenvalue weighted by atomic mass is 16.5. The van der Waals surface area contributed by atoms with Crippen molar-refractivity contribution in [1.29, 1.82) is 0 Å². The highest BCUT2D eigenvalue weighted by Gasteiger charge is 2.24. The molecule has 1 amide bonds. The van der Waals surface area contributed by atoms with Crippen LogP contribution in [0.25, 0.3) is 11.0 Å². The fourth-order valence-corrected chi connectivity index (χ4v) is 2.51. The molecule has 100 valence electrons. The van der Waals surface area contributed by atoms with Gasteiger partial charge in [-0.25, -0.2) is 0 Å². The summed E-state index contributed by atoms with van der Waals surface area (Å²) >= 11 is 0. The van der Waals surface area contributed by atoms with Crippen LogP contribution in [-0.4, -0.2) is 42.1 Å². The number of carbonyl (C=O) groups excluding carboxylic acids is 1. The number of para-hydroxylation sites is 1. The Morgan fingerprint density at radius 3 is 3.16 bits per heavy atom. The van der Waals surface area contributed by atoms with Crippen LogP contribution in [0.2, 0.25) is 0 Å². The van der Waals surface area contributed by atoms with Crippen molar-refractivity contribution in [2.45, 2.75) is 18.9 Å². The van der Waals surface area contributed by atoms with E-state index in [1.165, 1.54) is 0 Å². The van der Waals surface area contributed by atoms with E-state index in [-0.39, 0.29) is 5.91 Å². The number of fused-ring (bicyclic) bond motifs is 1. The van der Waals surface area contributed by atoms with Crippen LogP contribution in [-0.2, 0) is 11.2 Å². The van der Waals surface area contributed by atoms with E-state index >= 15 is 0 Å². The van der Waals surface area contributed by atoms with Crippen molar-refractivity contribution in [3.05, 3.63) is 30.0 Å². The number of amides is 1. The SMILES string of the molecule is CN(C(=O)Cc1noc2ccccc12)C1CCNC1. The summed E-state index contributed by atoms with van der Waals surface area (Å²) in [6.45, 7) is 1.86. The molecule has 19 heavy (non-hydrogen) atoms. The summed E-state index contributed by atoms with van der Waals surface area (Å²) in [6.07, 6.45) is 1.31. The number of benzene rings is 1. The fourth-order valence-electron chi connectivity index (χ4n) is 2.51. The standard InChI is InChI=1S/C14H17N3O2/c1-17(10-6-7-15-9-10)14(18)8-12-11-4-2-3-5-13(11)19-16-12/h2-5,10,15H,6-9H2,1H3. The van der Waals surface area contributed by atoms with Gasteiger partial charge in [-0.1, -0.05) is 17.3 Å². The molecule has 1 fully saturated rings. The molecule has 1 aromatic heterocycles. The molecule has 0 bridgehead atoms. The Balaban J connectivity index is 1.75. The summed E-state index contributed by atoms with van der Waals surface area (Å²) in [5.74, 6) is 0.0905. The van der Waals surface area contributed by atoms with Crippen molar-refractivity contribution in [3.63, 3.8) is 0 Å². The van der Waals surface area contributed by atoms with Gasteiger partial charge < -0.3 is 14.7 Å². The smallest absolute Gasteiger partial charge is 0.228 e. The van der Waals surface area contributed by atoms with Gasteiger partial charge in [0.25, 0.3) is 0 Å². The maximum atomic E-state index is 12.3. The molecule has 0 spiro atoms. The van der Waals surface area contributed by atoms with Crippen LogP contribution in [0.4, 0.5) is 0 Å². The van der Waals surface area contributed by atoms with Gasteiger partial charge in [-0.05, 0) is 25.1 Å². The van der Waals surface area contributed by atoms with E-state index in [1.54, 1.807) is 0 Å². The number of rotatable bonds is 3. The zero-order valence-corrected chi connectivity index (χ0v) is 10.9. The van der Waals surface area contributed by atoms with Crippen LogP contribution in [0, 0.1) is 0 Å². The molecule has 1 saturated heterocycles. The van der Waals surface area contributed by atoms with Crippen molar-refractivity contribution in [3.8, 4) is 0 Å². The van der Waals surface area contributed by atoms with Gasteiger partial charge in [0.2, 0.25) is 5.91 Å². The molecule has 1 N–H and O–H groups in total. The second-order valence-corrected chi connectivity index (χ2v) is 4.95. The summed E-state index contributed by atoms with van der Waals surface area (Å²) in [7, 11) is 1.86. The number of nitrogens with zero attached hydrogens (tertiary/aromatic N) is 2. The number of aromatic nitrogens is 1. The molecule has 2 aromatic rings. The Kier molecular flexibility index (Phi) is 3.21. The predicted molar refractivity (Wildman–Crippen MR) is 71.8 cm³/mol. The molecule has 0 radical (unpaired) electrons. The van der Waals surface area contributed by atoms with Crippen molar-refractivity contribution in [1.82, 2.24) is 15.4 Å². The monoisotopic (exact) mass is 259 g/mol. The second kappa shape index (κ2) is 5.01. The second-order valence-electron chi connectivity index (χ2n) is 4.95. The lowest BCUT2D eigenvalue weighted by atomic mass is 10.1. The number of carbonyl (C=O) groups is 1. The maximum Gasteiger partial charge on any atom is 0.228 e.